The number of rotatable bonds is 5. The summed E-state index contributed by atoms with van der Waals surface area (Å²) >= 11 is 5.73. The number of sulfonamides is 1. The zero-order chi connectivity index (χ0) is 19.5. The van der Waals surface area contributed by atoms with Gasteiger partial charge in [-0.05, 0) is 42.5 Å². The molecule has 0 atom stereocenters. The third kappa shape index (κ3) is 5.16. The van der Waals surface area contributed by atoms with Crippen molar-refractivity contribution in [1.82, 2.24) is 4.72 Å². The Balaban J connectivity index is 2.06. The van der Waals surface area contributed by atoms with Crippen LogP contribution in [0.15, 0.2) is 47.4 Å². The standard InChI is InChI=1S/C15H11ClF4N2O3S/c16-12-6-1-9(15(18,19)20)7-13(12)22-14(23)8-21-26(24,25)11-4-2-10(17)3-5-11/h1-7,21H,8H2,(H,22,23). The summed E-state index contributed by atoms with van der Waals surface area (Å²) in [5.41, 5.74) is -1.34. The quantitative estimate of drug-likeness (QED) is 0.742. The van der Waals surface area contributed by atoms with E-state index in [0.29, 0.717) is 6.07 Å². The van der Waals surface area contributed by atoms with E-state index in [2.05, 4.69) is 5.32 Å². The van der Waals surface area contributed by atoms with Crippen molar-refractivity contribution in [2.45, 2.75) is 11.1 Å². The molecule has 0 saturated carbocycles. The Morgan fingerprint density at radius 3 is 2.27 bits per heavy atom. The zero-order valence-electron chi connectivity index (χ0n) is 12.8. The van der Waals surface area contributed by atoms with Gasteiger partial charge in [-0.15, -0.1) is 0 Å². The van der Waals surface area contributed by atoms with Gasteiger partial charge >= 0.3 is 6.18 Å². The summed E-state index contributed by atoms with van der Waals surface area (Å²) in [7, 11) is -4.10. The Morgan fingerprint density at radius 2 is 1.69 bits per heavy atom. The molecule has 2 N–H and O–H groups in total. The Bertz CT molecular complexity index is 915. The first-order valence-electron chi connectivity index (χ1n) is 6.91. The van der Waals surface area contributed by atoms with Crippen molar-refractivity contribution in [3.63, 3.8) is 0 Å². The molecule has 0 heterocycles. The average Bonchev–Trinajstić information content (AvgIpc) is 2.54. The highest BCUT2D eigenvalue weighted by atomic mass is 35.5. The van der Waals surface area contributed by atoms with E-state index in [0.717, 1.165) is 36.4 Å². The summed E-state index contributed by atoms with van der Waals surface area (Å²) in [6, 6.07) is 6.19. The van der Waals surface area contributed by atoms with Gasteiger partial charge in [-0.1, -0.05) is 11.6 Å². The van der Waals surface area contributed by atoms with Gasteiger partial charge in [-0.2, -0.15) is 13.2 Å². The van der Waals surface area contributed by atoms with Gasteiger partial charge in [0.1, 0.15) is 5.82 Å². The molecule has 1 amide bonds. The van der Waals surface area contributed by atoms with Crippen LogP contribution < -0.4 is 10.0 Å². The van der Waals surface area contributed by atoms with Crippen molar-refractivity contribution in [1.29, 1.82) is 0 Å². The molecule has 0 aromatic heterocycles. The predicted octanol–water partition coefficient (Wildman–Crippen LogP) is 3.41. The van der Waals surface area contributed by atoms with Crippen molar-refractivity contribution < 1.29 is 30.8 Å². The highest BCUT2D eigenvalue weighted by molar-refractivity contribution is 7.89. The number of anilines is 1. The molecule has 0 saturated heterocycles. The van der Waals surface area contributed by atoms with Gasteiger partial charge in [0.15, 0.2) is 0 Å². The predicted molar refractivity (Wildman–Crippen MR) is 86.7 cm³/mol. The largest absolute Gasteiger partial charge is 0.416 e. The number of carbonyl (C=O) groups excluding carboxylic acids is 1. The molecule has 0 spiro atoms. The Labute approximate surface area is 151 Å². The molecule has 26 heavy (non-hydrogen) atoms. The van der Waals surface area contributed by atoms with E-state index in [1.54, 1.807) is 0 Å². The first-order chi connectivity index (χ1) is 12.0. The fourth-order valence-corrected chi connectivity index (χ4v) is 3.00. The van der Waals surface area contributed by atoms with Crippen LogP contribution >= 0.6 is 11.6 Å². The van der Waals surface area contributed by atoms with Crippen molar-refractivity contribution in [3.05, 3.63) is 58.9 Å². The highest BCUT2D eigenvalue weighted by Crippen LogP contribution is 2.33. The maximum absolute atomic E-state index is 12.8. The summed E-state index contributed by atoms with van der Waals surface area (Å²) < 4.78 is 76.7. The van der Waals surface area contributed by atoms with Crippen molar-refractivity contribution >= 4 is 33.2 Å². The third-order valence-corrected chi connectivity index (χ3v) is 4.86. The zero-order valence-corrected chi connectivity index (χ0v) is 14.3. The SMILES string of the molecule is O=C(CNS(=O)(=O)c1ccc(F)cc1)Nc1cc(C(F)(F)F)ccc1Cl. The van der Waals surface area contributed by atoms with E-state index in [9.17, 15) is 30.8 Å². The van der Waals surface area contributed by atoms with Gasteiger partial charge in [0, 0.05) is 0 Å². The van der Waals surface area contributed by atoms with Crippen LogP contribution in [0.25, 0.3) is 0 Å². The number of nitrogens with one attached hydrogen (secondary N) is 2. The number of benzene rings is 2. The number of halogens is 5. The van der Waals surface area contributed by atoms with Gasteiger partial charge < -0.3 is 5.32 Å². The molecule has 2 rings (SSSR count). The van der Waals surface area contributed by atoms with Crippen LogP contribution in [0.2, 0.25) is 5.02 Å². The minimum Gasteiger partial charge on any atom is -0.324 e. The summed E-state index contributed by atoms with van der Waals surface area (Å²) in [5.74, 6) is -1.57. The lowest BCUT2D eigenvalue weighted by Gasteiger charge is -2.12. The molecule has 11 heteroatoms. The van der Waals surface area contributed by atoms with E-state index in [1.807, 2.05) is 4.72 Å². The lowest BCUT2D eigenvalue weighted by Crippen LogP contribution is -2.33. The normalized spacial score (nSPS) is 12.0. The van der Waals surface area contributed by atoms with Gasteiger partial charge in [-0.25, -0.2) is 17.5 Å². The van der Waals surface area contributed by atoms with E-state index >= 15 is 0 Å². The number of alkyl halides is 3. The molecule has 2 aromatic rings. The van der Waals surface area contributed by atoms with Crippen molar-refractivity contribution in [2.75, 3.05) is 11.9 Å². The van der Waals surface area contributed by atoms with Crippen molar-refractivity contribution in [3.8, 4) is 0 Å². The van der Waals surface area contributed by atoms with Crippen LogP contribution in [0.5, 0.6) is 0 Å². The van der Waals surface area contributed by atoms with Crippen LogP contribution in [0.4, 0.5) is 23.2 Å². The van der Waals surface area contributed by atoms with E-state index in [-0.39, 0.29) is 15.6 Å². The maximum atomic E-state index is 12.8. The second-order valence-corrected chi connectivity index (χ2v) is 7.19. The second kappa shape index (κ2) is 7.60. The molecule has 0 aliphatic heterocycles. The Hall–Kier alpha value is -2.17. The molecule has 0 bridgehead atoms. The Morgan fingerprint density at radius 1 is 1.08 bits per heavy atom. The van der Waals surface area contributed by atoms with Crippen LogP contribution in [0.1, 0.15) is 5.56 Å². The monoisotopic (exact) mass is 410 g/mol. The second-order valence-electron chi connectivity index (χ2n) is 5.02. The van der Waals surface area contributed by atoms with E-state index in [4.69, 9.17) is 11.6 Å². The highest BCUT2D eigenvalue weighted by Gasteiger charge is 2.31. The molecule has 0 unspecified atom stereocenters. The number of carbonyl (C=O) groups is 1. The molecule has 140 valence electrons. The fraction of sp³-hybridized carbons (Fsp3) is 0.133. The number of hydrogen-bond donors (Lipinski definition) is 2. The fourth-order valence-electron chi connectivity index (χ4n) is 1.85. The topological polar surface area (TPSA) is 75.3 Å². The Kier molecular flexibility index (Phi) is 5.89. The van der Waals surface area contributed by atoms with Crippen LogP contribution in [-0.2, 0) is 21.0 Å². The maximum Gasteiger partial charge on any atom is 0.416 e. The molecule has 5 nitrogen and oxygen atoms in total. The average molecular weight is 411 g/mol. The smallest absolute Gasteiger partial charge is 0.324 e. The van der Waals surface area contributed by atoms with E-state index < -0.39 is 40.0 Å². The molecular weight excluding hydrogens is 400 g/mol. The molecule has 0 radical (unpaired) electrons. The minimum atomic E-state index is -4.63. The van der Waals surface area contributed by atoms with Gasteiger partial charge in [0.05, 0.1) is 27.7 Å². The van der Waals surface area contributed by atoms with Gasteiger partial charge in [-0.3, -0.25) is 4.79 Å². The summed E-state index contributed by atoms with van der Waals surface area (Å²) in [4.78, 5) is 11.5. The van der Waals surface area contributed by atoms with Crippen LogP contribution in [0.3, 0.4) is 0 Å². The third-order valence-electron chi connectivity index (χ3n) is 3.11. The summed E-state index contributed by atoms with van der Waals surface area (Å²) in [5, 5.41) is 1.95. The summed E-state index contributed by atoms with van der Waals surface area (Å²) in [6.07, 6.45) is -4.63. The lowest BCUT2D eigenvalue weighted by atomic mass is 10.2. The van der Waals surface area contributed by atoms with Crippen LogP contribution in [0, 0.1) is 5.82 Å². The molecule has 0 fully saturated rings. The van der Waals surface area contributed by atoms with E-state index in [1.165, 1.54) is 0 Å². The van der Waals surface area contributed by atoms with Crippen molar-refractivity contribution in [2.24, 2.45) is 0 Å². The van der Waals surface area contributed by atoms with Gasteiger partial charge in [0.25, 0.3) is 0 Å². The van der Waals surface area contributed by atoms with Crippen LogP contribution in [-0.4, -0.2) is 20.9 Å². The molecule has 0 aliphatic rings. The van der Waals surface area contributed by atoms with Gasteiger partial charge in [0.2, 0.25) is 15.9 Å². The molecular formula is C15H11ClF4N2O3S. The molecule has 2 aromatic carbocycles. The molecule has 0 aliphatic carbocycles. The number of hydrogen-bond acceptors (Lipinski definition) is 3. The lowest BCUT2D eigenvalue weighted by molar-refractivity contribution is -0.137. The first-order valence-corrected chi connectivity index (χ1v) is 8.77. The minimum absolute atomic E-state index is 0.146. The number of amides is 1. The summed E-state index contributed by atoms with van der Waals surface area (Å²) in [6.45, 7) is -0.758. The first kappa shape index (κ1) is 20.1.